The van der Waals surface area contributed by atoms with Gasteiger partial charge in [0.1, 0.15) is 11.9 Å². The molecule has 4 N–H and O–H groups in total. The summed E-state index contributed by atoms with van der Waals surface area (Å²) in [6.45, 7) is 12.7. The molecule has 5 rings (SSSR count). The summed E-state index contributed by atoms with van der Waals surface area (Å²) < 4.78 is 32.2. The van der Waals surface area contributed by atoms with E-state index in [1.54, 1.807) is 18.2 Å². The maximum Gasteiger partial charge on any atom is 0.417 e. The lowest BCUT2D eigenvalue weighted by Gasteiger charge is -2.61. The van der Waals surface area contributed by atoms with Crippen LogP contribution in [0.1, 0.15) is 81.3 Å². The van der Waals surface area contributed by atoms with Crippen molar-refractivity contribution in [2.75, 3.05) is 6.26 Å². The molecule has 2 amide bonds. The quantitative estimate of drug-likeness (QED) is 0.340. The molecule has 4 aliphatic rings. The first-order chi connectivity index (χ1) is 19.4. The highest BCUT2D eigenvalue weighted by Crippen LogP contribution is 2.68. The third-order valence-electron chi connectivity index (χ3n) is 11.0. The van der Waals surface area contributed by atoms with Crippen LogP contribution in [0.4, 0.5) is 4.79 Å². The van der Waals surface area contributed by atoms with E-state index in [0.29, 0.717) is 24.7 Å². The zero-order valence-corrected chi connectivity index (χ0v) is 25.9. The van der Waals surface area contributed by atoms with Crippen LogP contribution in [0.15, 0.2) is 30.9 Å². The van der Waals surface area contributed by atoms with E-state index in [-0.39, 0.29) is 42.0 Å². The minimum Gasteiger partial charge on any atom is -0.445 e. The van der Waals surface area contributed by atoms with Gasteiger partial charge >= 0.3 is 6.09 Å². The largest absolute Gasteiger partial charge is 0.445 e. The number of hydrogen-bond acceptors (Lipinski definition) is 8. The molecule has 3 saturated carbocycles. The molecule has 2 bridgehead atoms. The second kappa shape index (κ2) is 11.2. The fourth-order valence-corrected chi connectivity index (χ4v) is 8.42. The number of hydrogen-bond donors (Lipinski definition) is 3. The first-order valence-electron chi connectivity index (χ1n) is 14.5. The molecule has 1 unspecified atom stereocenters. The number of nitrogens with two attached hydrogens (primary N) is 1. The average Bonchev–Trinajstić information content (AvgIpc) is 3.46. The van der Waals surface area contributed by atoms with Crippen molar-refractivity contribution in [3.05, 3.63) is 47.5 Å². The van der Waals surface area contributed by atoms with E-state index >= 15 is 0 Å². The Balaban J connectivity index is 0.000000748. The van der Waals surface area contributed by atoms with Gasteiger partial charge in [-0.15, -0.1) is 6.58 Å². The van der Waals surface area contributed by atoms with E-state index in [0.717, 1.165) is 35.3 Å². The first kappa shape index (κ1) is 32.3. The van der Waals surface area contributed by atoms with Gasteiger partial charge in [0.15, 0.2) is 0 Å². The van der Waals surface area contributed by atoms with Gasteiger partial charge in [-0.1, -0.05) is 45.9 Å². The van der Waals surface area contributed by atoms with Gasteiger partial charge in [-0.25, -0.2) is 9.69 Å². The number of carbonyl (C=O) groups is 3. The Labute approximate surface area is 248 Å². The zero-order valence-electron chi connectivity index (χ0n) is 25.1. The number of ketones is 1. The molecule has 10 nitrogen and oxygen atoms in total. The lowest BCUT2D eigenvalue weighted by Crippen LogP contribution is -2.63. The number of carbonyl (C=O) groups excluding carboxylic acids is 3. The van der Waals surface area contributed by atoms with Crippen LogP contribution in [0, 0.1) is 34.0 Å². The fraction of sp³-hybridized carbons (Fsp3) is 0.645. The van der Waals surface area contributed by atoms with Crippen molar-refractivity contribution >= 4 is 27.9 Å². The normalized spacial score (nSPS) is 37.5. The predicted octanol–water partition coefficient (Wildman–Crippen LogP) is 4.11. The number of nitrogens with zero attached hydrogens (tertiary/aromatic N) is 1. The number of imide groups is 1. The molecule has 11 heteroatoms. The van der Waals surface area contributed by atoms with Gasteiger partial charge in [-0.3, -0.25) is 14.1 Å². The molecule has 1 heterocycles. The van der Waals surface area contributed by atoms with Crippen LogP contribution in [0.5, 0.6) is 0 Å². The van der Waals surface area contributed by atoms with Gasteiger partial charge in [-0.2, -0.15) is 8.42 Å². The maximum absolute atomic E-state index is 13.7. The minimum absolute atomic E-state index is 0.0974. The van der Waals surface area contributed by atoms with E-state index < -0.39 is 45.2 Å². The van der Waals surface area contributed by atoms with Gasteiger partial charge in [-0.05, 0) is 60.1 Å². The van der Waals surface area contributed by atoms with Crippen molar-refractivity contribution in [3.63, 3.8) is 0 Å². The summed E-state index contributed by atoms with van der Waals surface area (Å²) in [6.07, 6.45) is 3.70. The summed E-state index contributed by atoms with van der Waals surface area (Å²) in [4.78, 5) is 41.6. The molecule has 1 aromatic carbocycles. The molecule has 3 aliphatic carbocycles. The third-order valence-corrected chi connectivity index (χ3v) is 11.0. The highest BCUT2D eigenvalue weighted by molar-refractivity contribution is 7.85. The second-order valence-corrected chi connectivity index (χ2v) is 14.7. The van der Waals surface area contributed by atoms with E-state index in [4.69, 9.17) is 15.0 Å². The van der Waals surface area contributed by atoms with Gasteiger partial charge in [0.2, 0.25) is 0 Å². The maximum atomic E-state index is 13.7. The lowest BCUT2D eigenvalue weighted by atomic mass is 9.44. The number of Topliss-reactive ketones (excluding diaryl/α,β-unsaturated/α-hetero) is 1. The second-order valence-electron chi connectivity index (χ2n) is 13.2. The molecule has 0 aromatic heterocycles. The topological polar surface area (TPSA) is 164 Å². The monoisotopic (exact) mass is 604 g/mol. The molecule has 1 aliphatic heterocycles. The zero-order chi connectivity index (χ0) is 31.4. The molecule has 1 aromatic rings. The summed E-state index contributed by atoms with van der Waals surface area (Å²) in [5, 5.41) is 11.7. The van der Waals surface area contributed by atoms with Crippen molar-refractivity contribution < 1.29 is 37.2 Å². The van der Waals surface area contributed by atoms with Gasteiger partial charge in [0.05, 0.1) is 18.9 Å². The Morgan fingerprint density at radius 1 is 1.24 bits per heavy atom. The van der Waals surface area contributed by atoms with Crippen LogP contribution in [-0.4, -0.2) is 59.2 Å². The molecular weight excluding hydrogens is 560 g/mol. The van der Waals surface area contributed by atoms with E-state index in [1.807, 2.05) is 13.0 Å². The highest BCUT2D eigenvalue weighted by Gasteiger charge is 2.68. The smallest absolute Gasteiger partial charge is 0.417 e. The number of ether oxygens (including phenoxy) is 1. The standard InChI is InChI=1S/C30H40N2O5.CH4O3S/c1-6-28(4)14-23(37-27(36)32-16-21-19(15-31)8-7-9-20(21)26(32)35)29(5)17(2)10-12-30(18(3)25(28)34)13-11-22(33)24(29)30;1-5(2,3)4/h6-9,17-18,23-25,34H,1,10-16,31H2,2-5H3;1H3,(H,2,3,4)/t17-,18+,23-,24?,25+,28-,29+,30+;/m1./s1. The van der Waals surface area contributed by atoms with Crippen molar-refractivity contribution in [3.8, 4) is 0 Å². The van der Waals surface area contributed by atoms with Crippen molar-refractivity contribution in [2.45, 2.75) is 85.1 Å². The molecular formula is C31H44N2O8S. The Morgan fingerprint density at radius 3 is 2.48 bits per heavy atom. The molecule has 0 spiro atoms. The number of fused-ring (bicyclic) bond motifs is 1. The molecule has 3 fully saturated rings. The van der Waals surface area contributed by atoms with Crippen molar-refractivity contribution in [2.24, 2.45) is 39.7 Å². The van der Waals surface area contributed by atoms with E-state index in [1.165, 1.54) is 0 Å². The number of aliphatic hydroxyl groups is 1. The summed E-state index contributed by atoms with van der Waals surface area (Å²) in [6, 6.07) is 5.35. The highest BCUT2D eigenvalue weighted by atomic mass is 32.2. The Morgan fingerprint density at radius 2 is 1.88 bits per heavy atom. The van der Waals surface area contributed by atoms with Gasteiger partial charge in [0.25, 0.3) is 16.0 Å². The van der Waals surface area contributed by atoms with Crippen molar-refractivity contribution in [1.82, 2.24) is 4.90 Å². The molecule has 42 heavy (non-hydrogen) atoms. The Kier molecular flexibility index (Phi) is 8.58. The first-order valence-corrected chi connectivity index (χ1v) is 16.4. The minimum atomic E-state index is -3.67. The number of aliphatic hydroxyl groups excluding tert-OH is 1. The lowest BCUT2D eigenvalue weighted by molar-refractivity contribution is -0.192. The summed E-state index contributed by atoms with van der Waals surface area (Å²) in [5.41, 5.74) is 6.24. The molecule has 232 valence electrons. The van der Waals surface area contributed by atoms with Crippen LogP contribution in [0.3, 0.4) is 0 Å². The Bertz CT molecular complexity index is 1390. The van der Waals surface area contributed by atoms with E-state index in [9.17, 15) is 27.9 Å². The fourth-order valence-electron chi connectivity index (χ4n) is 8.42. The van der Waals surface area contributed by atoms with Gasteiger partial charge < -0.3 is 15.6 Å². The van der Waals surface area contributed by atoms with Crippen LogP contribution in [-0.2, 0) is 32.7 Å². The predicted molar refractivity (Wildman–Crippen MR) is 157 cm³/mol. The summed E-state index contributed by atoms with van der Waals surface area (Å²) >= 11 is 0. The summed E-state index contributed by atoms with van der Waals surface area (Å²) in [7, 11) is -3.67. The van der Waals surface area contributed by atoms with Crippen LogP contribution < -0.4 is 5.73 Å². The van der Waals surface area contributed by atoms with Crippen molar-refractivity contribution in [1.29, 1.82) is 0 Å². The average molecular weight is 605 g/mol. The molecule has 8 atom stereocenters. The van der Waals surface area contributed by atoms with Crippen LogP contribution >= 0.6 is 0 Å². The number of benzene rings is 1. The molecule has 0 saturated heterocycles. The third kappa shape index (κ3) is 5.22. The number of rotatable bonds is 3. The van der Waals surface area contributed by atoms with Crippen LogP contribution in [0.2, 0.25) is 0 Å². The van der Waals surface area contributed by atoms with Crippen LogP contribution in [0.25, 0.3) is 0 Å². The van der Waals surface area contributed by atoms with E-state index in [2.05, 4.69) is 27.4 Å². The summed E-state index contributed by atoms with van der Waals surface area (Å²) in [5.74, 6) is -0.476. The SMILES string of the molecule is C=C[C@]1(C)C[C@@H](OC(=O)N2Cc3c(CN)cccc3C2=O)[C@@]2(C)C3C(=O)CC[C@@]3(CC[C@H]2C)[C@@H](C)[C@@H]1O.CS(=O)(=O)O. The molecule has 0 radical (unpaired) electrons. The number of amides is 2. The Hall–Kier alpha value is -2.60. The van der Waals surface area contributed by atoms with Gasteiger partial charge in [0, 0.05) is 35.3 Å².